The van der Waals surface area contributed by atoms with Gasteiger partial charge in [-0.15, -0.1) is 0 Å². The van der Waals surface area contributed by atoms with Crippen molar-refractivity contribution < 1.29 is 4.74 Å². The molecule has 0 aliphatic carbocycles. The summed E-state index contributed by atoms with van der Waals surface area (Å²) in [5.74, 6) is 0.707. The van der Waals surface area contributed by atoms with Crippen LogP contribution in [0, 0.1) is 5.92 Å². The Kier molecular flexibility index (Phi) is 5.45. The minimum atomic E-state index is 0.657. The summed E-state index contributed by atoms with van der Waals surface area (Å²) < 4.78 is 5.46. The smallest absolute Gasteiger partial charge is 0.0593 e. The van der Waals surface area contributed by atoms with Gasteiger partial charge in [0.15, 0.2) is 0 Å². The number of nitrogens with zero attached hydrogens (tertiary/aromatic N) is 1. The molecule has 84 valence electrons. The van der Waals surface area contributed by atoms with Gasteiger partial charge in [-0.1, -0.05) is 6.92 Å². The van der Waals surface area contributed by atoms with Crippen LogP contribution in [0.25, 0.3) is 0 Å². The predicted molar refractivity (Wildman–Crippen MR) is 59.6 cm³/mol. The number of nitrogens with one attached hydrogen (secondary N) is 1. The zero-order valence-electron chi connectivity index (χ0n) is 9.75. The Bertz CT molecular complexity index is 144. The van der Waals surface area contributed by atoms with Gasteiger partial charge >= 0.3 is 0 Å². The van der Waals surface area contributed by atoms with Crippen LogP contribution in [-0.4, -0.2) is 50.8 Å². The number of rotatable bonds is 4. The quantitative estimate of drug-likeness (QED) is 0.731. The lowest BCUT2D eigenvalue weighted by Gasteiger charge is -2.31. The molecule has 0 aromatic carbocycles. The van der Waals surface area contributed by atoms with E-state index in [0.29, 0.717) is 12.0 Å². The zero-order chi connectivity index (χ0) is 10.4. The molecule has 0 saturated carbocycles. The van der Waals surface area contributed by atoms with Gasteiger partial charge < -0.3 is 10.1 Å². The predicted octanol–water partition coefficient (Wildman–Crippen LogP) is 0.953. The molecule has 0 aromatic rings. The van der Waals surface area contributed by atoms with Crippen molar-refractivity contribution >= 4 is 0 Å². The van der Waals surface area contributed by atoms with E-state index in [9.17, 15) is 0 Å². The standard InChI is InChI=1S/C11H24N2O/c1-10(9-12-3)11(2)13-5-4-7-14-8-6-13/h10-12H,4-9H2,1-3H3. The van der Waals surface area contributed by atoms with Crippen molar-refractivity contribution in [1.29, 1.82) is 0 Å². The molecule has 3 heteroatoms. The van der Waals surface area contributed by atoms with Crippen LogP contribution in [0.5, 0.6) is 0 Å². The number of ether oxygens (including phenoxy) is 1. The summed E-state index contributed by atoms with van der Waals surface area (Å²) >= 11 is 0. The minimum Gasteiger partial charge on any atom is -0.380 e. The first-order valence-corrected chi connectivity index (χ1v) is 5.72. The van der Waals surface area contributed by atoms with Crippen LogP contribution in [0.2, 0.25) is 0 Å². The van der Waals surface area contributed by atoms with Crippen LogP contribution >= 0.6 is 0 Å². The highest BCUT2D eigenvalue weighted by Crippen LogP contribution is 2.12. The van der Waals surface area contributed by atoms with Crippen molar-refractivity contribution in [2.75, 3.05) is 39.9 Å². The molecule has 0 bridgehead atoms. The summed E-state index contributed by atoms with van der Waals surface area (Å²) in [6, 6.07) is 0.657. The maximum absolute atomic E-state index is 5.46. The van der Waals surface area contributed by atoms with E-state index >= 15 is 0 Å². The van der Waals surface area contributed by atoms with Crippen LogP contribution < -0.4 is 5.32 Å². The van der Waals surface area contributed by atoms with E-state index in [1.165, 1.54) is 13.0 Å². The van der Waals surface area contributed by atoms with Crippen LogP contribution in [0.4, 0.5) is 0 Å². The van der Waals surface area contributed by atoms with Crippen molar-refractivity contribution in [1.82, 2.24) is 10.2 Å². The molecular weight excluding hydrogens is 176 g/mol. The second-order valence-corrected chi connectivity index (χ2v) is 4.28. The average molecular weight is 200 g/mol. The topological polar surface area (TPSA) is 24.5 Å². The van der Waals surface area contributed by atoms with Gasteiger partial charge in [0.1, 0.15) is 0 Å². The molecule has 1 saturated heterocycles. The van der Waals surface area contributed by atoms with E-state index < -0.39 is 0 Å². The van der Waals surface area contributed by atoms with Crippen molar-refractivity contribution in [3.63, 3.8) is 0 Å². The molecular formula is C11H24N2O. The molecule has 2 atom stereocenters. The van der Waals surface area contributed by atoms with Gasteiger partial charge in [-0.05, 0) is 32.9 Å². The molecule has 2 unspecified atom stereocenters. The molecule has 1 heterocycles. The molecule has 0 spiro atoms. The maximum atomic E-state index is 5.46. The third-order valence-corrected chi connectivity index (χ3v) is 3.18. The summed E-state index contributed by atoms with van der Waals surface area (Å²) in [6.45, 7) is 9.85. The Labute approximate surface area is 87.8 Å². The molecule has 1 rings (SSSR count). The molecule has 1 fully saturated rings. The second kappa shape index (κ2) is 6.38. The van der Waals surface area contributed by atoms with Crippen LogP contribution in [0.1, 0.15) is 20.3 Å². The van der Waals surface area contributed by atoms with Gasteiger partial charge in [0.25, 0.3) is 0 Å². The Hall–Kier alpha value is -0.120. The fourth-order valence-electron chi connectivity index (χ4n) is 2.03. The van der Waals surface area contributed by atoms with E-state index in [1.54, 1.807) is 0 Å². The highest BCUT2D eigenvalue weighted by Gasteiger charge is 2.20. The monoisotopic (exact) mass is 200 g/mol. The molecule has 1 aliphatic rings. The summed E-state index contributed by atoms with van der Waals surface area (Å²) in [5.41, 5.74) is 0. The van der Waals surface area contributed by atoms with E-state index in [-0.39, 0.29) is 0 Å². The van der Waals surface area contributed by atoms with Crippen molar-refractivity contribution in [3.05, 3.63) is 0 Å². The lowest BCUT2D eigenvalue weighted by atomic mass is 10.0. The van der Waals surface area contributed by atoms with E-state index in [1.807, 2.05) is 7.05 Å². The molecule has 3 nitrogen and oxygen atoms in total. The Morgan fingerprint density at radius 2 is 2.07 bits per heavy atom. The first kappa shape index (κ1) is 12.0. The maximum Gasteiger partial charge on any atom is 0.0593 e. The van der Waals surface area contributed by atoms with Crippen molar-refractivity contribution in [2.45, 2.75) is 26.3 Å². The molecule has 14 heavy (non-hydrogen) atoms. The number of hydrogen-bond donors (Lipinski definition) is 1. The third kappa shape index (κ3) is 3.56. The first-order valence-electron chi connectivity index (χ1n) is 5.72. The van der Waals surface area contributed by atoms with Gasteiger partial charge in [-0.25, -0.2) is 0 Å². The highest BCUT2D eigenvalue weighted by molar-refractivity contribution is 4.75. The van der Waals surface area contributed by atoms with Crippen LogP contribution in [0.3, 0.4) is 0 Å². The Morgan fingerprint density at radius 3 is 2.79 bits per heavy atom. The average Bonchev–Trinajstić information content (AvgIpc) is 2.45. The minimum absolute atomic E-state index is 0.657. The summed E-state index contributed by atoms with van der Waals surface area (Å²) in [4.78, 5) is 2.55. The van der Waals surface area contributed by atoms with E-state index in [2.05, 4.69) is 24.1 Å². The van der Waals surface area contributed by atoms with Gasteiger partial charge in [0.05, 0.1) is 6.61 Å². The number of hydrogen-bond acceptors (Lipinski definition) is 3. The van der Waals surface area contributed by atoms with Crippen molar-refractivity contribution in [2.24, 2.45) is 5.92 Å². The van der Waals surface area contributed by atoms with Crippen LogP contribution in [-0.2, 0) is 4.74 Å². The lowest BCUT2D eigenvalue weighted by molar-refractivity contribution is 0.122. The van der Waals surface area contributed by atoms with Gasteiger partial charge in [0, 0.05) is 25.7 Å². The largest absolute Gasteiger partial charge is 0.380 e. The normalized spacial score (nSPS) is 24.2. The third-order valence-electron chi connectivity index (χ3n) is 3.18. The summed E-state index contributed by atoms with van der Waals surface area (Å²) in [6.07, 6.45) is 1.18. The van der Waals surface area contributed by atoms with Crippen molar-refractivity contribution in [3.8, 4) is 0 Å². The Morgan fingerprint density at radius 1 is 1.29 bits per heavy atom. The molecule has 1 N–H and O–H groups in total. The van der Waals surface area contributed by atoms with Gasteiger partial charge in [-0.2, -0.15) is 0 Å². The second-order valence-electron chi connectivity index (χ2n) is 4.28. The molecule has 0 aromatic heterocycles. The SMILES string of the molecule is CNCC(C)C(C)N1CCCOCC1. The highest BCUT2D eigenvalue weighted by atomic mass is 16.5. The molecule has 0 amide bonds. The summed E-state index contributed by atoms with van der Waals surface area (Å²) in [7, 11) is 2.02. The van der Waals surface area contributed by atoms with Gasteiger partial charge in [0.2, 0.25) is 0 Å². The fourth-order valence-corrected chi connectivity index (χ4v) is 2.03. The van der Waals surface area contributed by atoms with Crippen LogP contribution in [0.15, 0.2) is 0 Å². The first-order chi connectivity index (χ1) is 6.75. The Balaban J connectivity index is 2.36. The lowest BCUT2D eigenvalue weighted by Crippen LogP contribution is -2.42. The zero-order valence-corrected chi connectivity index (χ0v) is 9.75. The van der Waals surface area contributed by atoms with E-state index in [4.69, 9.17) is 4.74 Å². The fraction of sp³-hybridized carbons (Fsp3) is 1.00. The van der Waals surface area contributed by atoms with Gasteiger partial charge in [-0.3, -0.25) is 4.90 Å². The summed E-state index contributed by atoms with van der Waals surface area (Å²) in [5, 5.41) is 3.25. The van der Waals surface area contributed by atoms with E-state index in [0.717, 1.165) is 26.3 Å². The molecule has 0 radical (unpaired) electrons. The molecule has 1 aliphatic heterocycles.